The van der Waals surface area contributed by atoms with Crippen LogP contribution in [0.3, 0.4) is 0 Å². The van der Waals surface area contributed by atoms with E-state index >= 15 is 0 Å². The van der Waals surface area contributed by atoms with Gasteiger partial charge in [-0.1, -0.05) is 30.3 Å². The van der Waals surface area contributed by atoms with Crippen molar-refractivity contribution in [3.8, 4) is 0 Å². The van der Waals surface area contributed by atoms with Gasteiger partial charge in [0.05, 0.1) is 17.4 Å². The van der Waals surface area contributed by atoms with E-state index < -0.39 is 15.9 Å². The molecule has 0 saturated carbocycles. The summed E-state index contributed by atoms with van der Waals surface area (Å²) in [6.45, 7) is 2.05. The number of carbonyl (C=O) groups is 1. The lowest BCUT2D eigenvalue weighted by Crippen LogP contribution is -2.50. The van der Waals surface area contributed by atoms with E-state index in [9.17, 15) is 18.3 Å². The molecule has 1 atom stereocenters. The van der Waals surface area contributed by atoms with Gasteiger partial charge in [-0.3, -0.25) is 9.52 Å². The highest BCUT2D eigenvalue weighted by molar-refractivity contribution is 7.92. The van der Waals surface area contributed by atoms with E-state index in [1.54, 1.807) is 29.2 Å². The van der Waals surface area contributed by atoms with Crippen molar-refractivity contribution in [2.24, 2.45) is 0 Å². The van der Waals surface area contributed by atoms with E-state index in [-0.39, 0.29) is 26.1 Å². The molecule has 0 radical (unpaired) electrons. The number of rotatable bonds is 7. The second-order valence-corrected chi connectivity index (χ2v) is 9.33. The van der Waals surface area contributed by atoms with E-state index in [4.69, 9.17) is 0 Å². The van der Waals surface area contributed by atoms with Crippen LogP contribution in [0.5, 0.6) is 0 Å². The van der Waals surface area contributed by atoms with E-state index in [0.29, 0.717) is 26.2 Å². The van der Waals surface area contributed by atoms with Gasteiger partial charge < -0.3 is 14.9 Å². The lowest BCUT2D eigenvalue weighted by atomic mass is 9.98. The lowest BCUT2D eigenvalue weighted by Gasteiger charge is -2.37. The van der Waals surface area contributed by atoms with Gasteiger partial charge in [0.2, 0.25) is 5.91 Å². The van der Waals surface area contributed by atoms with Gasteiger partial charge in [-0.2, -0.15) is 0 Å². The van der Waals surface area contributed by atoms with Crippen molar-refractivity contribution in [1.29, 1.82) is 0 Å². The van der Waals surface area contributed by atoms with Crippen LogP contribution in [0, 0.1) is 0 Å². The number of hydrogen-bond donors (Lipinski definition) is 2. The van der Waals surface area contributed by atoms with Crippen molar-refractivity contribution in [1.82, 2.24) is 14.9 Å². The summed E-state index contributed by atoms with van der Waals surface area (Å²) in [5.74, 6) is -0.447. The van der Waals surface area contributed by atoms with Crippen molar-refractivity contribution in [3.05, 3.63) is 78.8 Å². The molecule has 10 heteroatoms. The molecule has 1 aromatic heterocycles. The minimum atomic E-state index is -3.76. The van der Waals surface area contributed by atoms with Crippen molar-refractivity contribution in [2.45, 2.75) is 10.8 Å². The van der Waals surface area contributed by atoms with Crippen LogP contribution >= 0.6 is 0 Å². The van der Waals surface area contributed by atoms with Gasteiger partial charge in [0.25, 0.3) is 10.0 Å². The SMILES string of the molecule is O=C(C(CO)c1ccccc1)N1CCN(c2ccc(S(=O)(=O)Nc3ccncn3)cc2)CC1.[HH].[HH]. The zero-order chi connectivity index (χ0) is 23.3. The largest absolute Gasteiger partial charge is 0.395 e. The summed E-state index contributed by atoms with van der Waals surface area (Å²) < 4.78 is 27.6. The Bertz CT molecular complexity index is 1180. The first-order valence-electron chi connectivity index (χ1n) is 10.6. The standard InChI is InChI=1S/C23H25N5O4S.2H2/c29-16-21(18-4-2-1-3-5-18)23(30)28-14-12-27(13-15-28)19-6-8-20(9-7-19)33(31,32)26-22-10-11-24-17-25-22;;/h1-11,17,21,29H,12-16H2,(H,24,25,26);2*1H. The van der Waals surface area contributed by atoms with Gasteiger partial charge in [0.15, 0.2) is 0 Å². The fraction of sp³-hybridized carbons (Fsp3) is 0.261. The van der Waals surface area contributed by atoms with Crippen LogP contribution in [0.15, 0.2) is 78.1 Å². The molecule has 1 aliphatic rings. The summed E-state index contributed by atoms with van der Waals surface area (Å²) in [7, 11) is -3.76. The third-order valence-electron chi connectivity index (χ3n) is 5.61. The molecule has 2 heterocycles. The molecular formula is C23H29N5O4S. The van der Waals surface area contributed by atoms with Gasteiger partial charge in [0.1, 0.15) is 12.1 Å². The smallest absolute Gasteiger partial charge is 0.263 e. The molecule has 1 aliphatic heterocycles. The first-order chi connectivity index (χ1) is 16.0. The van der Waals surface area contributed by atoms with Gasteiger partial charge in [-0.15, -0.1) is 0 Å². The third-order valence-corrected chi connectivity index (χ3v) is 6.98. The fourth-order valence-corrected chi connectivity index (χ4v) is 4.81. The van der Waals surface area contributed by atoms with Crippen molar-refractivity contribution in [3.63, 3.8) is 0 Å². The Hall–Kier alpha value is -3.50. The van der Waals surface area contributed by atoms with Crippen LogP contribution in [-0.2, 0) is 14.8 Å². The molecule has 0 bridgehead atoms. The summed E-state index contributed by atoms with van der Waals surface area (Å²) in [5, 5.41) is 9.78. The number of amides is 1. The van der Waals surface area contributed by atoms with Crippen LogP contribution < -0.4 is 9.62 Å². The lowest BCUT2D eigenvalue weighted by molar-refractivity contribution is -0.134. The minimum Gasteiger partial charge on any atom is -0.395 e. The van der Waals surface area contributed by atoms with Crippen LogP contribution in [-0.4, -0.2) is 67.1 Å². The Kier molecular flexibility index (Phi) is 6.85. The molecule has 2 aromatic carbocycles. The molecule has 0 aliphatic carbocycles. The third kappa shape index (κ3) is 5.29. The number of aliphatic hydroxyl groups excluding tert-OH is 1. The number of sulfonamides is 1. The summed E-state index contributed by atoms with van der Waals surface area (Å²) in [5.41, 5.74) is 1.68. The maximum Gasteiger partial charge on any atom is 0.263 e. The predicted molar refractivity (Wildman–Crippen MR) is 129 cm³/mol. The number of nitrogens with zero attached hydrogens (tertiary/aromatic N) is 4. The van der Waals surface area contributed by atoms with Crippen molar-refractivity contribution < 1.29 is 21.2 Å². The van der Waals surface area contributed by atoms with Crippen molar-refractivity contribution >= 4 is 27.4 Å². The second-order valence-electron chi connectivity index (χ2n) is 7.65. The first-order valence-corrected chi connectivity index (χ1v) is 12.0. The molecule has 2 N–H and O–H groups in total. The highest BCUT2D eigenvalue weighted by atomic mass is 32.2. The number of nitrogens with one attached hydrogen (secondary N) is 1. The molecule has 3 aromatic rings. The number of hydrogen-bond acceptors (Lipinski definition) is 7. The van der Waals surface area contributed by atoms with Gasteiger partial charge in [0, 0.05) is 40.9 Å². The fourth-order valence-electron chi connectivity index (χ4n) is 3.80. The highest BCUT2D eigenvalue weighted by Gasteiger charge is 2.28. The molecular weight excluding hydrogens is 442 g/mol. The summed E-state index contributed by atoms with van der Waals surface area (Å²) >= 11 is 0. The summed E-state index contributed by atoms with van der Waals surface area (Å²) in [4.78, 5) is 24.6. The van der Waals surface area contributed by atoms with Crippen LogP contribution in [0.1, 0.15) is 14.3 Å². The van der Waals surface area contributed by atoms with E-state index in [0.717, 1.165) is 11.3 Å². The molecule has 4 rings (SSSR count). The molecule has 1 saturated heterocycles. The second kappa shape index (κ2) is 9.97. The summed E-state index contributed by atoms with van der Waals surface area (Å²) in [6, 6.07) is 17.4. The first kappa shape index (κ1) is 22.7. The van der Waals surface area contributed by atoms with Crippen LogP contribution in [0.2, 0.25) is 0 Å². The predicted octanol–water partition coefficient (Wildman–Crippen LogP) is 2.19. The average Bonchev–Trinajstić information content (AvgIpc) is 2.86. The monoisotopic (exact) mass is 471 g/mol. The molecule has 33 heavy (non-hydrogen) atoms. The van der Waals surface area contributed by atoms with Gasteiger partial charge >= 0.3 is 0 Å². The number of benzene rings is 2. The minimum absolute atomic E-state index is 0. The Balaban J connectivity index is 0.00000216. The Morgan fingerprint density at radius 2 is 1.73 bits per heavy atom. The maximum absolute atomic E-state index is 12.9. The number of anilines is 2. The average molecular weight is 472 g/mol. The molecule has 1 unspecified atom stereocenters. The molecule has 0 spiro atoms. The zero-order valence-electron chi connectivity index (χ0n) is 17.9. The molecule has 9 nitrogen and oxygen atoms in total. The van der Waals surface area contributed by atoms with Crippen LogP contribution in [0.25, 0.3) is 0 Å². The Morgan fingerprint density at radius 3 is 2.33 bits per heavy atom. The topological polar surface area (TPSA) is 116 Å². The van der Waals surface area contributed by atoms with Gasteiger partial charge in [-0.05, 0) is 35.9 Å². The van der Waals surface area contributed by atoms with Crippen LogP contribution in [0.4, 0.5) is 11.5 Å². The number of aliphatic hydroxyl groups is 1. The number of piperazine rings is 1. The van der Waals surface area contributed by atoms with Gasteiger partial charge in [-0.25, -0.2) is 18.4 Å². The Morgan fingerprint density at radius 1 is 1.03 bits per heavy atom. The summed E-state index contributed by atoms with van der Waals surface area (Å²) in [6.07, 6.45) is 2.73. The highest BCUT2D eigenvalue weighted by Crippen LogP contribution is 2.23. The molecule has 176 valence electrons. The maximum atomic E-state index is 12.9. The quantitative estimate of drug-likeness (QED) is 0.543. The zero-order valence-corrected chi connectivity index (χ0v) is 18.7. The molecule has 1 fully saturated rings. The normalized spacial score (nSPS) is 15.2. The number of carbonyl (C=O) groups excluding carboxylic acids is 1. The van der Waals surface area contributed by atoms with Crippen molar-refractivity contribution in [2.75, 3.05) is 42.4 Å². The van der Waals surface area contributed by atoms with E-state index in [1.807, 2.05) is 30.3 Å². The number of aromatic nitrogens is 2. The van der Waals surface area contributed by atoms with E-state index in [2.05, 4.69) is 19.6 Å². The Labute approximate surface area is 195 Å². The van der Waals surface area contributed by atoms with E-state index in [1.165, 1.54) is 18.6 Å². The molecule has 1 amide bonds.